The molecule has 0 aromatic heterocycles. The Hall–Kier alpha value is -0.170. The maximum absolute atomic E-state index is 12.5. The minimum atomic E-state index is -3.24. The van der Waals surface area contributed by atoms with E-state index in [9.17, 15) is 8.42 Å². The van der Waals surface area contributed by atoms with Crippen LogP contribution in [0.15, 0.2) is 0 Å². The molecule has 0 aromatic carbocycles. The predicted octanol–water partition coefficient (Wildman–Crippen LogP) is 0.257. The highest BCUT2D eigenvalue weighted by molar-refractivity contribution is 7.86. The SMILES string of the molecule is CC1CC(C)N(S(=O)(=O)N2CCCNCC2)C1. The molecule has 17 heavy (non-hydrogen) atoms. The summed E-state index contributed by atoms with van der Waals surface area (Å²) < 4.78 is 28.4. The molecule has 2 heterocycles. The molecule has 0 radical (unpaired) electrons. The summed E-state index contributed by atoms with van der Waals surface area (Å²) in [4.78, 5) is 0. The summed E-state index contributed by atoms with van der Waals surface area (Å²) in [6.07, 6.45) is 1.88. The van der Waals surface area contributed by atoms with Crippen molar-refractivity contribution in [3.63, 3.8) is 0 Å². The zero-order valence-electron chi connectivity index (χ0n) is 10.7. The lowest BCUT2D eigenvalue weighted by Gasteiger charge is -2.28. The monoisotopic (exact) mass is 261 g/mol. The summed E-state index contributed by atoms with van der Waals surface area (Å²) in [7, 11) is -3.24. The standard InChI is InChI=1S/C11H23N3O2S/c1-10-8-11(2)14(9-10)17(15,16)13-6-3-4-12-5-7-13/h10-12H,3-9H2,1-2H3. The van der Waals surface area contributed by atoms with E-state index in [2.05, 4.69) is 12.2 Å². The molecule has 0 saturated carbocycles. The third-order valence-electron chi connectivity index (χ3n) is 3.65. The quantitative estimate of drug-likeness (QED) is 0.775. The molecule has 5 nitrogen and oxygen atoms in total. The van der Waals surface area contributed by atoms with Crippen molar-refractivity contribution in [2.24, 2.45) is 5.92 Å². The van der Waals surface area contributed by atoms with Gasteiger partial charge in [0.15, 0.2) is 0 Å². The molecule has 2 rings (SSSR count). The van der Waals surface area contributed by atoms with E-state index in [0.717, 1.165) is 25.9 Å². The van der Waals surface area contributed by atoms with Crippen molar-refractivity contribution in [2.45, 2.75) is 32.7 Å². The Morgan fingerprint density at radius 3 is 2.59 bits per heavy atom. The summed E-state index contributed by atoms with van der Waals surface area (Å²) in [5.74, 6) is 0.477. The van der Waals surface area contributed by atoms with Gasteiger partial charge in [-0.1, -0.05) is 6.92 Å². The van der Waals surface area contributed by atoms with Crippen LogP contribution in [-0.4, -0.2) is 55.8 Å². The van der Waals surface area contributed by atoms with Gasteiger partial charge in [0.1, 0.15) is 0 Å². The third kappa shape index (κ3) is 2.81. The molecule has 0 aliphatic carbocycles. The summed E-state index contributed by atoms with van der Waals surface area (Å²) in [6.45, 7) is 7.72. The summed E-state index contributed by atoms with van der Waals surface area (Å²) in [5.41, 5.74) is 0. The molecule has 6 heteroatoms. The van der Waals surface area contributed by atoms with Crippen LogP contribution in [0, 0.1) is 5.92 Å². The van der Waals surface area contributed by atoms with E-state index in [1.165, 1.54) is 0 Å². The molecular formula is C11H23N3O2S. The number of nitrogens with zero attached hydrogens (tertiary/aromatic N) is 2. The molecule has 0 spiro atoms. The van der Waals surface area contributed by atoms with Crippen LogP contribution in [0.4, 0.5) is 0 Å². The van der Waals surface area contributed by atoms with Crippen LogP contribution in [0.1, 0.15) is 26.7 Å². The second kappa shape index (κ2) is 5.22. The van der Waals surface area contributed by atoms with Gasteiger partial charge in [0.25, 0.3) is 10.2 Å². The summed E-state index contributed by atoms with van der Waals surface area (Å²) in [5, 5.41) is 3.24. The van der Waals surface area contributed by atoms with Crippen molar-refractivity contribution >= 4 is 10.2 Å². The molecule has 2 aliphatic rings. The van der Waals surface area contributed by atoms with Crippen molar-refractivity contribution in [1.82, 2.24) is 13.9 Å². The van der Waals surface area contributed by atoms with Crippen LogP contribution in [0.5, 0.6) is 0 Å². The van der Waals surface area contributed by atoms with Gasteiger partial charge in [0.2, 0.25) is 0 Å². The van der Waals surface area contributed by atoms with Crippen molar-refractivity contribution in [1.29, 1.82) is 0 Å². The van der Waals surface area contributed by atoms with Gasteiger partial charge >= 0.3 is 0 Å². The molecule has 0 bridgehead atoms. The van der Waals surface area contributed by atoms with Gasteiger partial charge in [-0.3, -0.25) is 0 Å². The van der Waals surface area contributed by atoms with Crippen LogP contribution in [-0.2, 0) is 10.2 Å². The van der Waals surface area contributed by atoms with Crippen LogP contribution in [0.2, 0.25) is 0 Å². The van der Waals surface area contributed by atoms with Crippen molar-refractivity contribution in [3.05, 3.63) is 0 Å². The normalized spacial score (nSPS) is 33.8. The van der Waals surface area contributed by atoms with Crippen LogP contribution < -0.4 is 5.32 Å². The summed E-state index contributed by atoms with van der Waals surface area (Å²) >= 11 is 0. The molecule has 100 valence electrons. The Bertz CT molecular complexity index is 350. The smallest absolute Gasteiger partial charge is 0.282 e. The van der Waals surface area contributed by atoms with Crippen LogP contribution >= 0.6 is 0 Å². The molecule has 0 amide bonds. The van der Waals surface area contributed by atoms with Gasteiger partial charge in [-0.25, -0.2) is 0 Å². The van der Waals surface area contributed by atoms with Gasteiger partial charge < -0.3 is 5.32 Å². The Labute approximate surface area is 104 Å². The van der Waals surface area contributed by atoms with E-state index in [1.54, 1.807) is 8.61 Å². The highest BCUT2D eigenvalue weighted by atomic mass is 32.2. The first kappa shape index (κ1) is 13.3. The van der Waals surface area contributed by atoms with Gasteiger partial charge in [0, 0.05) is 32.2 Å². The Balaban J connectivity index is 2.11. The van der Waals surface area contributed by atoms with Gasteiger partial charge in [0.05, 0.1) is 0 Å². The highest BCUT2D eigenvalue weighted by Crippen LogP contribution is 2.27. The fraction of sp³-hybridized carbons (Fsp3) is 1.00. The minimum Gasteiger partial charge on any atom is -0.315 e. The number of rotatable bonds is 2. The Morgan fingerprint density at radius 1 is 1.18 bits per heavy atom. The molecule has 0 aromatic rings. The molecular weight excluding hydrogens is 238 g/mol. The molecule has 2 unspecified atom stereocenters. The van der Waals surface area contributed by atoms with Crippen molar-refractivity contribution in [3.8, 4) is 0 Å². The van der Waals surface area contributed by atoms with Gasteiger partial charge in [-0.15, -0.1) is 0 Å². The highest BCUT2D eigenvalue weighted by Gasteiger charge is 2.38. The maximum atomic E-state index is 12.5. The van der Waals surface area contributed by atoms with Crippen molar-refractivity contribution < 1.29 is 8.42 Å². The zero-order valence-corrected chi connectivity index (χ0v) is 11.5. The Kier molecular flexibility index (Phi) is 4.07. The maximum Gasteiger partial charge on any atom is 0.282 e. The van der Waals surface area contributed by atoms with Gasteiger partial charge in [-0.05, 0) is 32.2 Å². The Morgan fingerprint density at radius 2 is 1.94 bits per heavy atom. The largest absolute Gasteiger partial charge is 0.315 e. The lowest BCUT2D eigenvalue weighted by atomic mass is 10.1. The number of nitrogens with one attached hydrogen (secondary N) is 1. The number of hydrogen-bond donors (Lipinski definition) is 1. The van der Waals surface area contributed by atoms with E-state index in [-0.39, 0.29) is 6.04 Å². The first-order chi connectivity index (χ1) is 8.01. The van der Waals surface area contributed by atoms with Crippen LogP contribution in [0.25, 0.3) is 0 Å². The fourth-order valence-electron chi connectivity index (χ4n) is 2.78. The molecule has 2 atom stereocenters. The minimum absolute atomic E-state index is 0.145. The second-order valence-electron chi connectivity index (χ2n) is 5.27. The van der Waals surface area contributed by atoms with E-state index in [0.29, 0.717) is 25.6 Å². The summed E-state index contributed by atoms with van der Waals surface area (Å²) in [6, 6.07) is 0.145. The molecule has 1 N–H and O–H groups in total. The third-order valence-corrected chi connectivity index (χ3v) is 5.77. The topological polar surface area (TPSA) is 52.7 Å². The predicted molar refractivity (Wildman–Crippen MR) is 67.9 cm³/mol. The van der Waals surface area contributed by atoms with E-state index >= 15 is 0 Å². The van der Waals surface area contributed by atoms with Gasteiger partial charge in [-0.2, -0.15) is 17.0 Å². The average Bonchev–Trinajstić information content (AvgIpc) is 2.52. The van der Waals surface area contributed by atoms with Crippen molar-refractivity contribution in [2.75, 3.05) is 32.7 Å². The molecule has 2 saturated heterocycles. The zero-order chi connectivity index (χ0) is 12.5. The average molecular weight is 261 g/mol. The van der Waals surface area contributed by atoms with E-state index in [1.807, 2.05) is 6.92 Å². The molecule has 2 fully saturated rings. The first-order valence-corrected chi connectivity index (χ1v) is 7.89. The lowest BCUT2D eigenvalue weighted by molar-refractivity contribution is 0.338. The molecule has 2 aliphatic heterocycles. The first-order valence-electron chi connectivity index (χ1n) is 6.49. The van der Waals surface area contributed by atoms with E-state index < -0.39 is 10.2 Å². The van der Waals surface area contributed by atoms with E-state index in [4.69, 9.17) is 0 Å². The fourth-order valence-corrected chi connectivity index (χ4v) is 4.75. The number of hydrogen-bond acceptors (Lipinski definition) is 3. The lowest BCUT2D eigenvalue weighted by Crippen LogP contribution is -2.46. The second-order valence-corrected chi connectivity index (χ2v) is 7.15. The van der Waals surface area contributed by atoms with Crippen LogP contribution in [0.3, 0.4) is 0 Å².